The Morgan fingerprint density at radius 2 is 1.76 bits per heavy atom. The molecular formula is C24H23F3N4O2. The van der Waals surface area contributed by atoms with Crippen LogP contribution < -0.4 is 10.9 Å². The molecule has 0 aliphatic rings. The number of halogens is 3. The van der Waals surface area contributed by atoms with Crippen molar-refractivity contribution in [3.05, 3.63) is 81.9 Å². The van der Waals surface area contributed by atoms with Crippen molar-refractivity contribution in [3.8, 4) is 16.9 Å². The standard InChI is InChI=1S/C23H19F3N4O2.CH4/c1-12-10-14(24)6-7-15(12)20-16-8-9-19(32)30(21-17(25)4-3-5-18(21)26)22(16)29-23(28-20)27-13(2)11-31;/h3-10,13,31H,11H2,1-2H3,(H,27,28,29);1H4/t13-;/m0./s1. The van der Waals surface area contributed by atoms with Gasteiger partial charge < -0.3 is 10.4 Å². The van der Waals surface area contributed by atoms with Crippen molar-refractivity contribution in [2.24, 2.45) is 0 Å². The van der Waals surface area contributed by atoms with Crippen LogP contribution in [0.15, 0.2) is 53.3 Å². The molecule has 4 aromatic rings. The number of para-hydroxylation sites is 1. The Labute approximate surface area is 188 Å². The highest BCUT2D eigenvalue weighted by Gasteiger charge is 2.20. The number of rotatable bonds is 5. The first-order chi connectivity index (χ1) is 15.3. The lowest BCUT2D eigenvalue weighted by Gasteiger charge is -2.17. The van der Waals surface area contributed by atoms with Gasteiger partial charge in [-0.05, 0) is 55.8 Å². The van der Waals surface area contributed by atoms with Crippen LogP contribution in [0.1, 0.15) is 19.9 Å². The van der Waals surface area contributed by atoms with E-state index in [0.717, 1.165) is 16.7 Å². The van der Waals surface area contributed by atoms with Crippen molar-refractivity contribution in [2.75, 3.05) is 11.9 Å². The van der Waals surface area contributed by atoms with E-state index < -0.39 is 34.7 Å². The van der Waals surface area contributed by atoms with Crippen molar-refractivity contribution in [3.63, 3.8) is 0 Å². The van der Waals surface area contributed by atoms with E-state index in [-0.39, 0.29) is 25.6 Å². The third kappa shape index (κ3) is 4.45. The van der Waals surface area contributed by atoms with E-state index in [9.17, 15) is 23.1 Å². The zero-order valence-corrected chi connectivity index (χ0v) is 17.2. The number of hydrogen-bond donors (Lipinski definition) is 2. The molecule has 6 nitrogen and oxygen atoms in total. The zero-order valence-electron chi connectivity index (χ0n) is 17.2. The number of hydrogen-bond acceptors (Lipinski definition) is 5. The topological polar surface area (TPSA) is 80.0 Å². The van der Waals surface area contributed by atoms with Crippen molar-refractivity contribution < 1.29 is 18.3 Å². The number of aliphatic hydroxyl groups excluding tert-OH is 1. The average molecular weight is 456 g/mol. The fraction of sp³-hybridized carbons (Fsp3) is 0.208. The molecule has 0 unspecified atom stereocenters. The van der Waals surface area contributed by atoms with Crippen LogP contribution in [0.2, 0.25) is 0 Å². The van der Waals surface area contributed by atoms with Gasteiger partial charge in [-0.1, -0.05) is 13.5 Å². The number of pyridine rings is 1. The van der Waals surface area contributed by atoms with Crippen LogP contribution in [0.5, 0.6) is 0 Å². The molecule has 0 spiro atoms. The summed E-state index contributed by atoms with van der Waals surface area (Å²) < 4.78 is 43.8. The van der Waals surface area contributed by atoms with E-state index in [1.165, 1.54) is 36.4 Å². The summed E-state index contributed by atoms with van der Waals surface area (Å²) in [5.41, 5.74) is 0.167. The van der Waals surface area contributed by atoms with Crippen molar-refractivity contribution in [1.29, 1.82) is 0 Å². The molecule has 172 valence electrons. The number of anilines is 1. The number of fused-ring (bicyclic) bond motifs is 1. The Morgan fingerprint density at radius 1 is 1.06 bits per heavy atom. The molecule has 2 aromatic carbocycles. The SMILES string of the molecule is C.Cc1cc(F)ccc1-c1nc(N[C@@H](C)CO)nc2c1ccc(=O)n2-c1c(F)cccc1F. The van der Waals surface area contributed by atoms with Crippen LogP contribution in [0.4, 0.5) is 19.1 Å². The minimum atomic E-state index is -0.934. The fourth-order valence-corrected chi connectivity index (χ4v) is 3.46. The Kier molecular flexibility index (Phi) is 6.83. The monoisotopic (exact) mass is 456 g/mol. The summed E-state index contributed by atoms with van der Waals surface area (Å²) in [4.78, 5) is 21.6. The smallest absolute Gasteiger partial charge is 0.256 e. The number of aryl methyl sites for hydroxylation is 1. The molecule has 2 heterocycles. The van der Waals surface area contributed by atoms with Crippen LogP contribution in [0.25, 0.3) is 28.0 Å². The van der Waals surface area contributed by atoms with Gasteiger partial charge in [-0.15, -0.1) is 0 Å². The maximum absolute atomic E-state index is 14.6. The molecule has 1 atom stereocenters. The Balaban J connectivity index is 0.00000306. The fourth-order valence-electron chi connectivity index (χ4n) is 3.46. The van der Waals surface area contributed by atoms with Gasteiger partial charge in [0, 0.05) is 23.1 Å². The van der Waals surface area contributed by atoms with Crippen LogP contribution in [0.3, 0.4) is 0 Å². The molecule has 4 rings (SSSR count). The van der Waals surface area contributed by atoms with Gasteiger partial charge in [-0.3, -0.25) is 9.36 Å². The Hall–Kier alpha value is -3.72. The number of aromatic nitrogens is 3. The van der Waals surface area contributed by atoms with Gasteiger partial charge in [0.25, 0.3) is 5.56 Å². The minimum Gasteiger partial charge on any atom is -0.394 e. The molecule has 0 aliphatic heterocycles. The highest BCUT2D eigenvalue weighted by atomic mass is 19.1. The number of nitrogens with one attached hydrogen (secondary N) is 1. The molecule has 0 aliphatic carbocycles. The second-order valence-corrected chi connectivity index (χ2v) is 7.40. The van der Waals surface area contributed by atoms with E-state index in [1.54, 1.807) is 13.8 Å². The third-order valence-electron chi connectivity index (χ3n) is 5.00. The number of benzene rings is 2. The molecule has 0 saturated carbocycles. The Morgan fingerprint density at radius 3 is 2.39 bits per heavy atom. The maximum Gasteiger partial charge on any atom is 0.256 e. The van der Waals surface area contributed by atoms with Crippen LogP contribution in [-0.2, 0) is 0 Å². The summed E-state index contributed by atoms with van der Waals surface area (Å²) in [6, 6.07) is 9.61. The molecule has 33 heavy (non-hydrogen) atoms. The van der Waals surface area contributed by atoms with Crippen LogP contribution in [0, 0.1) is 24.4 Å². The molecule has 0 radical (unpaired) electrons. The minimum absolute atomic E-state index is 0. The van der Waals surface area contributed by atoms with E-state index in [4.69, 9.17) is 0 Å². The van der Waals surface area contributed by atoms with E-state index in [2.05, 4.69) is 15.3 Å². The highest BCUT2D eigenvalue weighted by Crippen LogP contribution is 2.31. The average Bonchev–Trinajstić information content (AvgIpc) is 2.74. The quantitative estimate of drug-likeness (QED) is 0.459. The van der Waals surface area contributed by atoms with Crippen LogP contribution in [-0.4, -0.2) is 32.3 Å². The van der Waals surface area contributed by atoms with Gasteiger partial charge >= 0.3 is 0 Å². The molecule has 2 aromatic heterocycles. The predicted molar refractivity (Wildman–Crippen MR) is 122 cm³/mol. The Bertz CT molecular complexity index is 1370. The predicted octanol–water partition coefficient (Wildman–Crippen LogP) is 4.60. The summed E-state index contributed by atoms with van der Waals surface area (Å²) in [5, 5.41) is 12.6. The first-order valence-electron chi connectivity index (χ1n) is 9.82. The second kappa shape index (κ2) is 9.41. The third-order valence-corrected chi connectivity index (χ3v) is 5.00. The van der Waals surface area contributed by atoms with Gasteiger partial charge in [-0.25, -0.2) is 18.2 Å². The normalized spacial score (nSPS) is 11.8. The molecule has 0 fully saturated rings. The van der Waals surface area contributed by atoms with Gasteiger partial charge in [-0.2, -0.15) is 4.98 Å². The number of nitrogens with zero attached hydrogens (tertiary/aromatic N) is 3. The lowest BCUT2D eigenvalue weighted by molar-refractivity contribution is 0.281. The lowest BCUT2D eigenvalue weighted by atomic mass is 10.0. The van der Waals surface area contributed by atoms with Crippen LogP contribution >= 0.6 is 0 Å². The maximum atomic E-state index is 14.6. The summed E-state index contributed by atoms with van der Waals surface area (Å²) in [5.74, 6) is -2.26. The van der Waals surface area contributed by atoms with Gasteiger partial charge in [0.15, 0.2) is 5.65 Å². The molecule has 0 bridgehead atoms. The molecule has 0 amide bonds. The van der Waals surface area contributed by atoms with Gasteiger partial charge in [0.1, 0.15) is 23.1 Å². The summed E-state index contributed by atoms with van der Waals surface area (Å²) in [6.45, 7) is 3.16. The van der Waals surface area contributed by atoms with E-state index >= 15 is 0 Å². The van der Waals surface area contributed by atoms with E-state index in [0.29, 0.717) is 22.2 Å². The summed E-state index contributed by atoms with van der Waals surface area (Å²) >= 11 is 0. The van der Waals surface area contributed by atoms with Gasteiger partial charge in [0.2, 0.25) is 5.95 Å². The molecular weight excluding hydrogens is 433 g/mol. The summed E-state index contributed by atoms with van der Waals surface area (Å²) in [6.07, 6.45) is 0. The van der Waals surface area contributed by atoms with Gasteiger partial charge in [0.05, 0.1) is 12.3 Å². The molecule has 0 saturated heterocycles. The number of aliphatic hydroxyl groups is 1. The molecule has 9 heteroatoms. The van der Waals surface area contributed by atoms with Crippen molar-refractivity contribution in [1.82, 2.24) is 14.5 Å². The first-order valence-corrected chi connectivity index (χ1v) is 9.82. The second-order valence-electron chi connectivity index (χ2n) is 7.40. The van der Waals surface area contributed by atoms with Crippen molar-refractivity contribution in [2.45, 2.75) is 27.3 Å². The van der Waals surface area contributed by atoms with E-state index in [1.807, 2.05) is 0 Å². The lowest BCUT2D eigenvalue weighted by Crippen LogP contribution is -2.24. The molecule has 2 N–H and O–H groups in total. The highest BCUT2D eigenvalue weighted by molar-refractivity contribution is 5.93. The first kappa shape index (κ1) is 23.9. The summed E-state index contributed by atoms with van der Waals surface area (Å²) in [7, 11) is 0. The zero-order chi connectivity index (χ0) is 23.0. The van der Waals surface area contributed by atoms with Crippen molar-refractivity contribution >= 4 is 17.0 Å². The largest absolute Gasteiger partial charge is 0.394 e.